The minimum atomic E-state index is -3.67. The summed E-state index contributed by atoms with van der Waals surface area (Å²) < 4.78 is 40.7. The second-order valence-electron chi connectivity index (χ2n) is 6.24. The van der Waals surface area contributed by atoms with Crippen molar-refractivity contribution in [3.8, 4) is 0 Å². The number of hydrogen-bond donors (Lipinski definition) is 1. The van der Waals surface area contributed by atoms with Crippen LogP contribution in [0.3, 0.4) is 0 Å². The molecule has 2 aromatic carbocycles. The van der Waals surface area contributed by atoms with E-state index in [0.29, 0.717) is 5.56 Å². The second-order valence-corrected chi connectivity index (χ2v) is 8.00. The number of amides is 1. The first-order valence-corrected chi connectivity index (χ1v) is 9.73. The van der Waals surface area contributed by atoms with Crippen molar-refractivity contribution in [1.29, 1.82) is 0 Å². The number of carbonyl (C=O) groups is 1. The van der Waals surface area contributed by atoms with Gasteiger partial charge in [-0.1, -0.05) is 24.3 Å². The molecular formula is C19H23FN2O3S. The number of carbonyl (C=O) groups excluding carboxylic acids is 1. The lowest BCUT2D eigenvalue weighted by Crippen LogP contribution is -2.32. The predicted molar refractivity (Wildman–Crippen MR) is 98.6 cm³/mol. The topological polar surface area (TPSA) is 66.5 Å². The van der Waals surface area contributed by atoms with Gasteiger partial charge in [0.2, 0.25) is 15.9 Å². The fraction of sp³-hybridized carbons (Fsp3) is 0.316. The van der Waals surface area contributed by atoms with Crippen LogP contribution in [0.4, 0.5) is 4.39 Å². The number of nitrogens with one attached hydrogen (secondary N) is 1. The maximum absolute atomic E-state index is 13.6. The number of rotatable bonds is 7. The maximum Gasteiger partial charge on any atom is 0.240 e. The van der Waals surface area contributed by atoms with Gasteiger partial charge in [0.05, 0.1) is 4.90 Å². The van der Waals surface area contributed by atoms with Crippen LogP contribution in [0.2, 0.25) is 0 Å². The molecule has 0 spiro atoms. The Hall–Kier alpha value is -2.25. The molecule has 0 heterocycles. The minimum Gasteiger partial charge on any atom is -0.341 e. The van der Waals surface area contributed by atoms with Gasteiger partial charge in [0.15, 0.2) is 0 Å². The Morgan fingerprint density at radius 3 is 2.46 bits per heavy atom. The highest BCUT2D eigenvalue weighted by Gasteiger charge is 2.16. The monoisotopic (exact) mass is 378 g/mol. The van der Waals surface area contributed by atoms with Crippen molar-refractivity contribution in [3.05, 3.63) is 65.0 Å². The van der Waals surface area contributed by atoms with E-state index < -0.39 is 10.0 Å². The molecule has 26 heavy (non-hydrogen) atoms. The molecule has 0 aliphatic rings. The predicted octanol–water partition coefficient (Wildman–Crippen LogP) is 2.77. The van der Waals surface area contributed by atoms with Crippen LogP contribution in [0, 0.1) is 19.7 Å². The highest BCUT2D eigenvalue weighted by molar-refractivity contribution is 7.89. The van der Waals surface area contributed by atoms with Crippen LogP contribution in [0.5, 0.6) is 0 Å². The molecule has 2 aromatic rings. The number of aryl methyl sites for hydroxylation is 2. The summed E-state index contributed by atoms with van der Waals surface area (Å²) in [4.78, 5) is 13.7. The van der Waals surface area contributed by atoms with Gasteiger partial charge in [-0.05, 0) is 43.2 Å². The summed E-state index contributed by atoms with van der Waals surface area (Å²) in [5, 5.41) is 0. The lowest BCUT2D eigenvalue weighted by molar-refractivity contribution is -0.130. The fourth-order valence-electron chi connectivity index (χ4n) is 2.42. The van der Waals surface area contributed by atoms with Crippen LogP contribution < -0.4 is 4.72 Å². The first-order chi connectivity index (χ1) is 12.2. The van der Waals surface area contributed by atoms with Crippen LogP contribution in [-0.4, -0.2) is 32.8 Å². The average Bonchev–Trinajstić information content (AvgIpc) is 2.59. The summed E-state index contributed by atoms with van der Waals surface area (Å²) >= 11 is 0. The third-order valence-electron chi connectivity index (χ3n) is 4.21. The standard InChI is InChI=1S/C19H23FN2O3S/c1-14-8-9-17(12-15(14)2)26(24,25)21-11-10-19(23)22(3)13-16-6-4-5-7-18(16)20/h4-9,12,21H,10-11,13H2,1-3H3. The molecule has 0 fully saturated rings. The first kappa shape index (κ1) is 20.1. The van der Waals surface area contributed by atoms with Gasteiger partial charge in [0.1, 0.15) is 5.82 Å². The Labute approximate surface area is 153 Å². The van der Waals surface area contributed by atoms with Crippen molar-refractivity contribution in [2.75, 3.05) is 13.6 Å². The molecule has 0 radical (unpaired) electrons. The van der Waals surface area contributed by atoms with Crippen molar-refractivity contribution in [2.45, 2.75) is 31.7 Å². The molecule has 0 aliphatic heterocycles. The van der Waals surface area contributed by atoms with E-state index in [0.717, 1.165) is 11.1 Å². The summed E-state index contributed by atoms with van der Waals surface area (Å²) in [6.45, 7) is 3.86. The molecule has 0 saturated carbocycles. The Morgan fingerprint density at radius 1 is 1.12 bits per heavy atom. The summed E-state index contributed by atoms with van der Waals surface area (Å²) in [6, 6.07) is 11.1. The molecule has 0 unspecified atom stereocenters. The number of sulfonamides is 1. The molecule has 7 heteroatoms. The Balaban J connectivity index is 1.90. The zero-order chi connectivity index (χ0) is 19.3. The van der Waals surface area contributed by atoms with Crippen LogP contribution in [0.1, 0.15) is 23.1 Å². The van der Waals surface area contributed by atoms with Crippen LogP contribution in [0.15, 0.2) is 47.4 Å². The number of halogens is 1. The number of hydrogen-bond acceptors (Lipinski definition) is 3. The van der Waals surface area contributed by atoms with Gasteiger partial charge in [0, 0.05) is 32.1 Å². The third-order valence-corrected chi connectivity index (χ3v) is 5.67. The summed E-state index contributed by atoms with van der Waals surface area (Å²) in [5.74, 6) is -0.640. The average molecular weight is 378 g/mol. The van der Waals surface area contributed by atoms with Gasteiger partial charge in [-0.15, -0.1) is 0 Å². The number of nitrogens with zero attached hydrogens (tertiary/aromatic N) is 1. The Morgan fingerprint density at radius 2 is 1.81 bits per heavy atom. The van der Waals surface area contributed by atoms with E-state index in [2.05, 4.69) is 4.72 Å². The largest absolute Gasteiger partial charge is 0.341 e. The molecule has 5 nitrogen and oxygen atoms in total. The van der Waals surface area contributed by atoms with E-state index >= 15 is 0 Å². The van der Waals surface area contributed by atoms with Crippen molar-refractivity contribution in [2.24, 2.45) is 0 Å². The lowest BCUT2D eigenvalue weighted by Gasteiger charge is -2.18. The lowest BCUT2D eigenvalue weighted by atomic mass is 10.1. The molecule has 0 saturated heterocycles. The quantitative estimate of drug-likeness (QED) is 0.806. The van der Waals surface area contributed by atoms with Crippen LogP contribution in [-0.2, 0) is 21.4 Å². The van der Waals surface area contributed by atoms with Crippen molar-refractivity contribution >= 4 is 15.9 Å². The van der Waals surface area contributed by atoms with Gasteiger partial charge in [-0.25, -0.2) is 17.5 Å². The normalized spacial score (nSPS) is 11.4. The third kappa shape index (κ3) is 5.12. The fourth-order valence-corrected chi connectivity index (χ4v) is 3.53. The maximum atomic E-state index is 13.6. The molecule has 0 bridgehead atoms. The van der Waals surface area contributed by atoms with E-state index in [9.17, 15) is 17.6 Å². The van der Waals surface area contributed by atoms with E-state index in [1.807, 2.05) is 13.8 Å². The van der Waals surface area contributed by atoms with Crippen LogP contribution in [0.25, 0.3) is 0 Å². The van der Waals surface area contributed by atoms with E-state index in [4.69, 9.17) is 0 Å². The van der Waals surface area contributed by atoms with E-state index in [-0.39, 0.29) is 36.1 Å². The SMILES string of the molecule is Cc1ccc(S(=O)(=O)NCCC(=O)N(C)Cc2ccccc2F)cc1C. The second kappa shape index (κ2) is 8.42. The summed E-state index contributed by atoms with van der Waals surface area (Å²) in [6.07, 6.45) is -0.00493. The van der Waals surface area contributed by atoms with Crippen molar-refractivity contribution < 1.29 is 17.6 Å². The molecular weight excluding hydrogens is 355 g/mol. The van der Waals surface area contributed by atoms with Gasteiger partial charge in [-0.3, -0.25) is 4.79 Å². The molecule has 1 amide bonds. The van der Waals surface area contributed by atoms with E-state index in [1.165, 1.54) is 17.0 Å². The zero-order valence-electron chi connectivity index (χ0n) is 15.1. The summed E-state index contributed by atoms with van der Waals surface area (Å²) in [5.41, 5.74) is 2.31. The molecule has 140 valence electrons. The van der Waals surface area contributed by atoms with Crippen LogP contribution >= 0.6 is 0 Å². The number of benzene rings is 2. The minimum absolute atomic E-state index is 0.00493. The Bertz CT molecular complexity index is 897. The van der Waals surface area contributed by atoms with Crippen molar-refractivity contribution in [1.82, 2.24) is 9.62 Å². The Kier molecular flexibility index (Phi) is 6.50. The van der Waals surface area contributed by atoms with Gasteiger partial charge < -0.3 is 4.90 Å². The highest BCUT2D eigenvalue weighted by Crippen LogP contribution is 2.14. The van der Waals surface area contributed by atoms with Gasteiger partial charge in [0.25, 0.3) is 0 Å². The highest BCUT2D eigenvalue weighted by atomic mass is 32.2. The molecule has 0 atom stereocenters. The van der Waals surface area contributed by atoms with Gasteiger partial charge in [-0.2, -0.15) is 0 Å². The molecule has 2 rings (SSSR count). The van der Waals surface area contributed by atoms with E-state index in [1.54, 1.807) is 37.4 Å². The molecule has 1 N–H and O–H groups in total. The summed E-state index contributed by atoms with van der Waals surface area (Å²) in [7, 11) is -2.11. The first-order valence-electron chi connectivity index (χ1n) is 8.25. The zero-order valence-corrected chi connectivity index (χ0v) is 15.9. The van der Waals surface area contributed by atoms with Gasteiger partial charge >= 0.3 is 0 Å². The van der Waals surface area contributed by atoms with Crippen molar-refractivity contribution in [3.63, 3.8) is 0 Å². The molecule has 0 aliphatic carbocycles. The molecule has 0 aromatic heterocycles. The smallest absolute Gasteiger partial charge is 0.240 e.